The first-order chi connectivity index (χ1) is 7.69. The van der Waals surface area contributed by atoms with E-state index in [0.717, 1.165) is 11.3 Å². The van der Waals surface area contributed by atoms with E-state index in [0.29, 0.717) is 11.5 Å². The molecule has 1 heterocycles. The molecule has 0 spiro atoms. The molecule has 2 aromatic rings. The normalized spacial score (nSPS) is 10.1. The van der Waals surface area contributed by atoms with Gasteiger partial charge in [-0.15, -0.1) is 0 Å². The van der Waals surface area contributed by atoms with Crippen LogP contribution in [0.2, 0.25) is 0 Å². The van der Waals surface area contributed by atoms with Gasteiger partial charge in [0, 0.05) is 11.6 Å². The van der Waals surface area contributed by atoms with Crippen LogP contribution in [0.25, 0.3) is 11.3 Å². The van der Waals surface area contributed by atoms with Gasteiger partial charge in [0.25, 0.3) is 5.56 Å². The predicted molar refractivity (Wildman–Crippen MR) is 61.6 cm³/mol. The van der Waals surface area contributed by atoms with Crippen molar-refractivity contribution in [2.45, 2.75) is 6.92 Å². The lowest BCUT2D eigenvalue weighted by Gasteiger charge is -2.04. The number of aromatic amines is 1. The molecule has 82 valence electrons. The molecule has 1 aromatic carbocycles. The number of H-pyrrole nitrogens is 1. The Labute approximate surface area is 92.9 Å². The second-order valence-electron chi connectivity index (χ2n) is 3.45. The van der Waals surface area contributed by atoms with Gasteiger partial charge in [0.1, 0.15) is 11.6 Å². The maximum atomic E-state index is 11.3. The number of methoxy groups -OCH3 is 1. The van der Waals surface area contributed by atoms with Gasteiger partial charge >= 0.3 is 0 Å². The van der Waals surface area contributed by atoms with Crippen LogP contribution in [-0.4, -0.2) is 17.1 Å². The van der Waals surface area contributed by atoms with Crippen molar-refractivity contribution in [3.63, 3.8) is 0 Å². The number of benzene rings is 1. The number of aromatic nitrogens is 2. The number of nitrogens with one attached hydrogen (secondary N) is 1. The van der Waals surface area contributed by atoms with Crippen LogP contribution in [0.4, 0.5) is 0 Å². The molecule has 2 rings (SSSR count). The fourth-order valence-electron chi connectivity index (χ4n) is 1.51. The van der Waals surface area contributed by atoms with E-state index in [1.807, 2.05) is 24.3 Å². The van der Waals surface area contributed by atoms with Gasteiger partial charge in [0.2, 0.25) is 0 Å². The Bertz CT molecular complexity index is 561. The van der Waals surface area contributed by atoms with Crippen LogP contribution in [-0.2, 0) is 0 Å². The zero-order valence-corrected chi connectivity index (χ0v) is 9.15. The van der Waals surface area contributed by atoms with Crippen LogP contribution in [0, 0.1) is 6.92 Å². The molecule has 0 saturated carbocycles. The van der Waals surface area contributed by atoms with E-state index in [4.69, 9.17) is 4.74 Å². The van der Waals surface area contributed by atoms with E-state index in [1.54, 1.807) is 14.0 Å². The highest BCUT2D eigenvalue weighted by Crippen LogP contribution is 2.20. The number of ether oxygens (including phenoxy) is 1. The van der Waals surface area contributed by atoms with E-state index in [1.165, 1.54) is 6.07 Å². The van der Waals surface area contributed by atoms with E-state index in [2.05, 4.69) is 9.97 Å². The van der Waals surface area contributed by atoms with Crippen molar-refractivity contribution in [2.24, 2.45) is 0 Å². The highest BCUT2D eigenvalue weighted by molar-refractivity contribution is 5.60. The van der Waals surface area contributed by atoms with Gasteiger partial charge in [-0.2, -0.15) is 0 Å². The lowest BCUT2D eigenvalue weighted by Crippen LogP contribution is -2.08. The Hall–Kier alpha value is -2.10. The number of hydrogen-bond donors (Lipinski definition) is 1. The topological polar surface area (TPSA) is 55.0 Å². The largest absolute Gasteiger partial charge is 0.497 e. The summed E-state index contributed by atoms with van der Waals surface area (Å²) in [7, 11) is 1.61. The minimum Gasteiger partial charge on any atom is -0.497 e. The van der Waals surface area contributed by atoms with Crippen LogP contribution in [0.3, 0.4) is 0 Å². The number of aryl methyl sites for hydroxylation is 1. The summed E-state index contributed by atoms with van der Waals surface area (Å²) >= 11 is 0. The summed E-state index contributed by atoms with van der Waals surface area (Å²) in [6.45, 7) is 1.76. The zero-order valence-electron chi connectivity index (χ0n) is 9.15. The van der Waals surface area contributed by atoms with Gasteiger partial charge in [-0.3, -0.25) is 4.79 Å². The smallest absolute Gasteiger partial charge is 0.251 e. The molecular formula is C12H12N2O2. The second kappa shape index (κ2) is 4.18. The Morgan fingerprint density at radius 1 is 1.31 bits per heavy atom. The molecule has 0 radical (unpaired) electrons. The monoisotopic (exact) mass is 216 g/mol. The van der Waals surface area contributed by atoms with Crippen molar-refractivity contribution >= 4 is 0 Å². The standard InChI is InChI=1S/C12H12N2O2/c1-8-13-11(7-12(15)14-8)9-4-3-5-10(6-9)16-2/h3-7H,1-2H3,(H,13,14,15). The number of rotatable bonds is 2. The van der Waals surface area contributed by atoms with Crippen LogP contribution >= 0.6 is 0 Å². The van der Waals surface area contributed by atoms with E-state index in [-0.39, 0.29) is 5.56 Å². The first-order valence-corrected chi connectivity index (χ1v) is 4.91. The summed E-state index contributed by atoms with van der Waals surface area (Å²) in [5, 5.41) is 0. The van der Waals surface area contributed by atoms with Crippen molar-refractivity contribution in [1.29, 1.82) is 0 Å². The summed E-state index contributed by atoms with van der Waals surface area (Å²) in [5.74, 6) is 1.35. The van der Waals surface area contributed by atoms with E-state index in [9.17, 15) is 4.79 Å². The fourth-order valence-corrected chi connectivity index (χ4v) is 1.51. The Morgan fingerprint density at radius 2 is 2.12 bits per heavy atom. The average molecular weight is 216 g/mol. The molecule has 0 atom stereocenters. The molecule has 0 fully saturated rings. The second-order valence-corrected chi connectivity index (χ2v) is 3.45. The molecule has 16 heavy (non-hydrogen) atoms. The molecule has 0 aliphatic heterocycles. The molecule has 0 amide bonds. The molecule has 4 nitrogen and oxygen atoms in total. The van der Waals surface area contributed by atoms with Crippen molar-refractivity contribution in [3.8, 4) is 17.0 Å². The first kappa shape index (κ1) is 10.4. The van der Waals surface area contributed by atoms with Crippen LogP contribution in [0.15, 0.2) is 35.1 Å². The quantitative estimate of drug-likeness (QED) is 0.832. The lowest BCUT2D eigenvalue weighted by atomic mass is 10.1. The maximum absolute atomic E-state index is 11.3. The summed E-state index contributed by atoms with van der Waals surface area (Å²) in [6.07, 6.45) is 0. The summed E-state index contributed by atoms with van der Waals surface area (Å²) in [5.41, 5.74) is 1.37. The fraction of sp³-hybridized carbons (Fsp3) is 0.167. The third kappa shape index (κ3) is 2.11. The van der Waals surface area contributed by atoms with Gasteiger partial charge in [-0.05, 0) is 19.1 Å². The predicted octanol–water partition coefficient (Wildman–Crippen LogP) is 1.75. The molecule has 0 bridgehead atoms. The van der Waals surface area contributed by atoms with Crippen LogP contribution in [0.5, 0.6) is 5.75 Å². The molecule has 0 unspecified atom stereocenters. The molecule has 1 aromatic heterocycles. The van der Waals surface area contributed by atoms with Gasteiger partial charge in [0.15, 0.2) is 0 Å². The third-order valence-corrected chi connectivity index (χ3v) is 2.23. The summed E-state index contributed by atoms with van der Waals surface area (Å²) < 4.78 is 5.12. The van der Waals surface area contributed by atoms with Crippen molar-refractivity contribution in [1.82, 2.24) is 9.97 Å². The van der Waals surface area contributed by atoms with Gasteiger partial charge in [-0.25, -0.2) is 4.98 Å². The molecule has 4 heteroatoms. The van der Waals surface area contributed by atoms with Crippen LogP contribution in [0.1, 0.15) is 5.82 Å². The minimum atomic E-state index is -0.148. The van der Waals surface area contributed by atoms with Crippen molar-refractivity contribution in [2.75, 3.05) is 7.11 Å². The summed E-state index contributed by atoms with van der Waals surface area (Å²) in [6, 6.07) is 8.93. The summed E-state index contributed by atoms with van der Waals surface area (Å²) in [4.78, 5) is 18.2. The minimum absolute atomic E-state index is 0.148. The van der Waals surface area contributed by atoms with Gasteiger partial charge in [0.05, 0.1) is 12.8 Å². The Morgan fingerprint density at radius 3 is 2.81 bits per heavy atom. The number of nitrogens with zero attached hydrogens (tertiary/aromatic N) is 1. The average Bonchev–Trinajstić information content (AvgIpc) is 2.28. The highest BCUT2D eigenvalue weighted by atomic mass is 16.5. The van der Waals surface area contributed by atoms with Crippen molar-refractivity contribution in [3.05, 3.63) is 46.5 Å². The molecular weight excluding hydrogens is 204 g/mol. The third-order valence-electron chi connectivity index (χ3n) is 2.23. The Balaban J connectivity index is 2.53. The molecule has 0 aliphatic rings. The lowest BCUT2D eigenvalue weighted by molar-refractivity contribution is 0.415. The first-order valence-electron chi connectivity index (χ1n) is 4.91. The SMILES string of the molecule is COc1cccc(-c2cc(=O)[nH]c(C)n2)c1. The zero-order chi connectivity index (χ0) is 11.5. The van der Waals surface area contributed by atoms with Crippen molar-refractivity contribution < 1.29 is 4.74 Å². The maximum Gasteiger partial charge on any atom is 0.251 e. The van der Waals surface area contributed by atoms with Gasteiger partial charge < -0.3 is 9.72 Å². The molecule has 1 N–H and O–H groups in total. The Kier molecular flexibility index (Phi) is 2.72. The molecule has 0 saturated heterocycles. The van der Waals surface area contributed by atoms with Crippen LogP contribution < -0.4 is 10.3 Å². The van der Waals surface area contributed by atoms with E-state index >= 15 is 0 Å². The van der Waals surface area contributed by atoms with E-state index < -0.39 is 0 Å². The van der Waals surface area contributed by atoms with Gasteiger partial charge in [-0.1, -0.05) is 12.1 Å². The molecule has 0 aliphatic carbocycles. The number of hydrogen-bond acceptors (Lipinski definition) is 3. The highest BCUT2D eigenvalue weighted by Gasteiger charge is 2.02.